The van der Waals surface area contributed by atoms with E-state index >= 15 is 0 Å². The zero-order valence-corrected chi connectivity index (χ0v) is 15.0. The molecule has 2 aromatic carbocycles. The first-order valence-corrected chi connectivity index (χ1v) is 8.68. The molecular formula is C21H22N4O. The van der Waals surface area contributed by atoms with Crippen LogP contribution in [0.15, 0.2) is 60.8 Å². The number of rotatable bonds is 6. The van der Waals surface area contributed by atoms with Crippen molar-refractivity contribution < 1.29 is 4.79 Å². The minimum Gasteiger partial charge on any atom is -0.350 e. The molecule has 0 unspecified atom stereocenters. The van der Waals surface area contributed by atoms with E-state index < -0.39 is 0 Å². The zero-order valence-electron chi connectivity index (χ0n) is 15.0. The van der Waals surface area contributed by atoms with Gasteiger partial charge >= 0.3 is 0 Å². The van der Waals surface area contributed by atoms with Gasteiger partial charge in [0.1, 0.15) is 5.69 Å². The molecule has 0 bridgehead atoms. The fourth-order valence-electron chi connectivity index (χ4n) is 2.73. The van der Waals surface area contributed by atoms with Crippen LogP contribution in [0.25, 0.3) is 0 Å². The molecule has 1 aromatic heterocycles. The van der Waals surface area contributed by atoms with Crippen LogP contribution in [0, 0.1) is 6.92 Å². The number of nitrogens with zero attached hydrogens (tertiary/aromatic N) is 2. The third kappa shape index (κ3) is 4.25. The van der Waals surface area contributed by atoms with Crippen LogP contribution in [0.1, 0.15) is 34.1 Å². The summed E-state index contributed by atoms with van der Waals surface area (Å²) in [4.78, 5) is 21.2. The molecule has 0 saturated carbocycles. The van der Waals surface area contributed by atoms with Crippen molar-refractivity contribution in [2.24, 2.45) is 0 Å². The molecular weight excluding hydrogens is 324 g/mol. The van der Waals surface area contributed by atoms with Gasteiger partial charge in [-0.2, -0.15) is 0 Å². The summed E-state index contributed by atoms with van der Waals surface area (Å²) < 4.78 is 0. The smallest absolute Gasteiger partial charge is 0.274 e. The first-order valence-electron chi connectivity index (χ1n) is 8.68. The number of carbonyl (C=O) groups excluding carboxylic acids is 1. The summed E-state index contributed by atoms with van der Waals surface area (Å²) >= 11 is 0. The van der Waals surface area contributed by atoms with Gasteiger partial charge in [0.25, 0.3) is 5.91 Å². The van der Waals surface area contributed by atoms with Crippen molar-refractivity contribution in [3.8, 4) is 0 Å². The second-order valence-corrected chi connectivity index (χ2v) is 6.02. The van der Waals surface area contributed by atoms with Gasteiger partial charge in [0.05, 0.1) is 0 Å². The minimum atomic E-state index is -0.237. The molecule has 0 atom stereocenters. The molecule has 132 valence electrons. The van der Waals surface area contributed by atoms with Crippen molar-refractivity contribution >= 4 is 17.5 Å². The van der Waals surface area contributed by atoms with E-state index in [4.69, 9.17) is 0 Å². The van der Waals surface area contributed by atoms with Gasteiger partial charge in [-0.1, -0.05) is 55.5 Å². The van der Waals surface area contributed by atoms with E-state index in [2.05, 4.69) is 27.5 Å². The summed E-state index contributed by atoms with van der Waals surface area (Å²) in [5, 5.41) is 6.14. The zero-order chi connectivity index (χ0) is 18.4. The van der Waals surface area contributed by atoms with E-state index in [1.807, 2.05) is 55.5 Å². The first-order chi connectivity index (χ1) is 12.7. The van der Waals surface area contributed by atoms with Crippen molar-refractivity contribution in [2.45, 2.75) is 26.8 Å². The lowest BCUT2D eigenvalue weighted by atomic mass is 10.1. The van der Waals surface area contributed by atoms with Gasteiger partial charge in [0.15, 0.2) is 0 Å². The Morgan fingerprint density at radius 1 is 1.04 bits per heavy atom. The molecule has 1 amide bonds. The highest BCUT2D eigenvalue weighted by Gasteiger charge is 2.12. The predicted molar refractivity (Wildman–Crippen MR) is 104 cm³/mol. The fourth-order valence-corrected chi connectivity index (χ4v) is 2.73. The second kappa shape index (κ2) is 8.25. The van der Waals surface area contributed by atoms with Crippen LogP contribution >= 0.6 is 0 Å². The number of amides is 1. The van der Waals surface area contributed by atoms with Crippen molar-refractivity contribution in [3.05, 3.63) is 83.2 Å². The lowest BCUT2D eigenvalue weighted by Gasteiger charge is -2.13. The topological polar surface area (TPSA) is 66.9 Å². The van der Waals surface area contributed by atoms with Gasteiger partial charge in [-0.25, -0.2) is 9.97 Å². The monoisotopic (exact) mass is 346 g/mol. The first kappa shape index (κ1) is 17.6. The molecule has 0 radical (unpaired) electrons. The van der Waals surface area contributed by atoms with Gasteiger partial charge in [0.2, 0.25) is 5.95 Å². The van der Waals surface area contributed by atoms with E-state index in [-0.39, 0.29) is 5.91 Å². The molecule has 0 saturated heterocycles. The van der Waals surface area contributed by atoms with E-state index in [1.54, 1.807) is 12.3 Å². The van der Waals surface area contributed by atoms with Gasteiger partial charge < -0.3 is 10.6 Å². The summed E-state index contributed by atoms with van der Waals surface area (Å²) in [6.07, 6.45) is 2.44. The van der Waals surface area contributed by atoms with Crippen LogP contribution in [0.2, 0.25) is 0 Å². The normalized spacial score (nSPS) is 10.4. The van der Waals surface area contributed by atoms with Gasteiger partial charge in [-0.05, 0) is 36.1 Å². The maximum atomic E-state index is 12.6. The second-order valence-electron chi connectivity index (χ2n) is 6.02. The highest BCUT2D eigenvalue weighted by Crippen LogP contribution is 2.21. The number of carbonyl (C=O) groups is 1. The predicted octanol–water partition coefficient (Wildman–Crippen LogP) is 4.21. The fraction of sp³-hybridized carbons (Fsp3) is 0.190. The van der Waals surface area contributed by atoms with E-state index in [9.17, 15) is 4.79 Å². The highest BCUT2D eigenvalue weighted by atomic mass is 16.1. The summed E-state index contributed by atoms with van der Waals surface area (Å²) in [5.41, 5.74) is 4.46. The van der Waals surface area contributed by atoms with E-state index in [0.29, 0.717) is 18.2 Å². The lowest BCUT2D eigenvalue weighted by Crippen LogP contribution is -2.17. The van der Waals surface area contributed by atoms with Crippen molar-refractivity contribution in [3.63, 3.8) is 0 Å². The molecule has 2 N–H and O–H groups in total. The van der Waals surface area contributed by atoms with Crippen LogP contribution < -0.4 is 10.6 Å². The largest absolute Gasteiger partial charge is 0.350 e. The number of aryl methyl sites for hydroxylation is 2. The molecule has 5 nitrogen and oxygen atoms in total. The Balaban J connectivity index is 1.72. The molecule has 0 aliphatic carbocycles. The Kier molecular flexibility index (Phi) is 5.59. The van der Waals surface area contributed by atoms with Gasteiger partial charge in [-0.3, -0.25) is 4.79 Å². The molecule has 3 rings (SSSR count). The highest BCUT2D eigenvalue weighted by molar-refractivity contribution is 6.03. The van der Waals surface area contributed by atoms with Crippen molar-refractivity contribution in [1.82, 2.24) is 9.97 Å². The van der Waals surface area contributed by atoms with E-state index in [0.717, 1.165) is 28.8 Å². The minimum absolute atomic E-state index is 0.237. The number of hydrogen-bond acceptors (Lipinski definition) is 4. The Bertz CT molecular complexity index is 894. The summed E-state index contributed by atoms with van der Waals surface area (Å²) in [6, 6.07) is 17.6. The van der Waals surface area contributed by atoms with Crippen LogP contribution in [-0.2, 0) is 13.0 Å². The quantitative estimate of drug-likeness (QED) is 0.701. The third-order valence-corrected chi connectivity index (χ3v) is 4.16. The Hall–Kier alpha value is -3.21. The SMILES string of the molecule is CCc1cccc(C)c1NC(=O)c1ccnc(NCc2ccccc2)n1. The maximum Gasteiger partial charge on any atom is 0.274 e. The Morgan fingerprint density at radius 2 is 1.85 bits per heavy atom. The number of para-hydroxylation sites is 1. The van der Waals surface area contributed by atoms with Crippen LogP contribution in [0.4, 0.5) is 11.6 Å². The van der Waals surface area contributed by atoms with Gasteiger partial charge in [-0.15, -0.1) is 0 Å². The average Bonchev–Trinajstić information content (AvgIpc) is 2.69. The molecule has 1 heterocycles. The lowest BCUT2D eigenvalue weighted by molar-refractivity contribution is 0.102. The Morgan fingerprint density at radius 3 is 2.62 bits per heavy atom. The third-order valence-electron chi connectivity index (χ3n) is 4.16. The summed E-state index contributed by atoms with van der Waals surface area (Å²) in [5.74, 6) is 0.196. The van der Waals surface area contributed by atoms with E-state index in [1.165, 1.54) is 0 Å². The summed E-state index contributed by atoms with van der Waals surface area (Å²) in [6.45, 7) is 4.66. The maximum absolute atomic E-state index is 12.6. The molecule has 0 aliphatic heterocycles. The molecule has 0 spiro atoms. The van der Waals surface area contributed by atoms with Crippen LogP contribution in [0.5, 0.6) is 0 Å². The number of nitrogens with one attached hydrogen (secondary N) is 2. The molecule has 0 aliphatic rings. The van der Waals surface area contributed by atoms with Crippen molar-refractivity contribution in [2.75, 3.05) is 10.6 Å². The molecule has 5 heteroatoms. The van der Waals surface area contributed by atoms with Crippen LogP contribution in [0.3, 0.4) is 0 Å². The average molecular weight is 346 g/mol. The number of hydrogen-bond donors (Lipinski definition) is 2. The number of aromatic nitrogens is 2. The number of anilines is 2. The Labute approximate surface area is 153 Å². The van der Waals surface area contributed by atoms with Crippen molar-refractivity contribution in [1.29, 1.82) is 0 Å². The van der Waals surface area contributed by atoms with Crippen LogP contribution in [-0.4, -0.2) is 15.9 Å². The molecule has 26 heavy (non-hydrogen) atoms. The molecule has 0 fully saturated rings. The number of benzene rings is 2. The standard InChI is InChI=1S/C21H22N4O/c1-3-17-11-7-8-15(2)19(17)25-20(26)18-12-13-22-21(24-18)23-14-16-9-5-4-6-10-16/h4-13H,3,14H2,1-2H3,(H,25,26)(H,22,23,24). The molecule has 3 aromatic rings. The van der Waals surface area contributed by atoms with Gasteiger partial charge in [0, 0.05) is 18.4 Å². The summed E-state index contributed by atoms with van der Waals surface area (Å²) in [7, 11) is 0.